The van der Waals surface area contributed by atoms with Crippen LogP contribution in [0.2, 0.25) is 0 Å². The summed E-state index contributed by atoms with van der Waals surface area (Å²) in [7, 11) is -4.30. The van der Waals surface area contributed by atoms with E-state index in [9.17, 15) is 19.6 Å². The van der Waals surface area contributed by atoms with E-state index in [1.807, 2.05) is 0 Å². The Kier molecular flexibility index (Phi) is 4.97. The Morgan fingerprint density at radius 3 is 2.59 bits per heavy atom. The van der Waals surface area contributed by atoms with E-state index in [-0.39, 0.29) is 28.8 Å². The van der Waals surface area contributed by atoms with Gasteiger partial charge in [-0.15, -0.1) is 0 Å². The summed E-state index contributed by atoms with van der Waals surface area (Å²) in [6, 6.07) is 0. The molecule has 1 aliphatic rings. The average molecular weight is 401 g/mol. The SMILES string of the molecule is Cc1nc(N)c2c(C(N)=O)cn([C@@H]3O[C@H](CCP(=O)(O)O)[C@@H](O)[C@H]3O)c2n1. The first-order valence-corrected chi connectivity index (χ1v) is 9.80. The van der Waals surface area contributed by atoms with Crippen LogP contribution in [0.3, 0.4) is 0 Å². The highest BCUT2D eigenvalue weighted by atomic mass is 31.2. The third-order valence-corrected chi connectivity index (χ3v) is 5.23. The molecule has 1 saturated heterocycles. The molecule has 0 spiro atoms. The molecule has 3 heterocycles. The highest BCUT2D eigenvalue weighted by Crippen LogP contribution is 2.40. The second-order valence-corrected chi connectivity index (χ2v) is 8.17. The van der Waals surface area contributed by atoms with E-state index in [1.54, 1.807) is 6.92 Å². The molecule has 0 aromatic carbocycles. The summed E-state index contributed by atoms with van der Waals surface area (Å²) >= 11 is 0. The molecule has 1 fully saturated rings. The van der Waals surface area contributed by atoms with E-state index in [4.69, 9.17) is 26.0 Å². The maximum absolute atomic E-state index is 11.8. The molecule has 1 aliphatic heterocycles. The predicted molar refractivity (Wildman–Crippen MR) is 92.6 cm³/mol. The molecular formula is C14H20N5O7P. The fraction of sp³-hybridized carbons (Fsp3) is 0.500. The van der Waals surface area contributed by atoms with Crippen LogP contribution in [0.15, 0.2) is 6.20 Å². The molecule has 8 N–H and O–H groups in total. The van der Waals surface area contributed by atoms with Gasteiger partial charge in [-0.25, -0.2) is 9.97 Å². The van der Waals surface area contributed by atoms with Gasteiger partial charge in [0, 0.05) is 6.20 Å². The molecule has 0 unspecified atom stereocenters. The summed E-state index contributed by atoms with van der Waals surface area (Å²) in [6.45, 7) is 1.58. The van der Waals surface area contributed by atoms with Gasteiger partial charge in [-0.2, -0.15) is 0 Å². The highest BCUT2D eigenvalue weighted by molar-refractivity contribution is 7.51. The van der Waals surface area contributed by atoms with E-state index < -0.39 is 44.2 Å². The number of aryl methyl sites for hydroxylation is 1. The van der Waals surface area contributed by atoms with Crippen molar-refractivity contribution in [3.05, 3.63) is 17.6 Å². The second kappa shape index (κ2) is 6.82. The van der Waals surface area contributed by atoms with Gasteiger partial charge in [-0.05, 0) is 13.3 Å². The van der Waals surface area contributed by atoms with Crippen LogP contribution in [0.25, 0.3) is 11.0 Å². The highest BCUT2D eigenvalue weighted by Gasteiger charge is 2.45. The Morgan fingerprint density at radius 2 is 2.00 bits per heavy atom. The molecule has 0 saturated carbocycles. The molecule has 13 heteroatoms. The van der Waals surface area contributed by atoms with Crippen molar-refractivity contribution in [1.29, 1.82) is 0 Å². The maximum atomic E-state index is 11.8. The number of carbonyl (C=O) groups excluding carboxylic acids is 1. The molecule has 1 amide bonds. The Labute approximate surface area is 152 Å². The van der Waals surface area contributed by atoms with Gasteiger partial charge >= 0.3 is 7.60 Å². The Morgan fingerprint density at radius 1 is 1.33 bits per heavy atom. The third-order valence-electron chi connectivity index (χ3n) is 4.39. The van der Waals surface area contributed by atoms with Crippen LogP contribution in [0.4, 0.5) is 5.82 Å². The number of primary amides is 1. The second-order valence-electron chi connectivity index (χ2n) is 6.39. The van der Waals surface area contributed by atoms with Gasteiger partial charge in [0.15, 0.2) is 6.23 Å². The summed E-state index contributed by atoms with van der Waals surface area (Å²) in [5.74, 6) is -0.457. The van der Waals surface area contributed by atoms with Crippen LogP contribution in [-0.2, 0) is 9.30 Å². The van der Waals surface area contributed by atoms with Gasteiger partial charge in [-0.1, -0.05) is 0 Å². The van der Waals surface area contributed by atoms with E-state index in [0.717, 1.165) is 0 Å². The Balaban J connectivity index is 2.02. The summed E-state index contributed by atoms with van der Waals surface area (Å²) in [6.07, 6.45) is -4.39. The normalized spacial score (nSPS) is 26.0. The Bertz CT molecular complexity index is 942. The number of aliphatic hydroxyl groups is 2. The van der Waals surface area contributed by atoms with E-state index in [1.165, 1.54) is 10.8 Å². The number of hydrogen-bond acceptors (Lipinski definition) is 8. The summed E-state index contributed by atoms with van der Waals surface area (Å²) in [5, 5.41) is 20.8. The number of anilines is 1. The number of amides is 1. The molecular weight excluding hydrogens is 381 g/mol. The third kappa shape index (κ3) is 3.68. The maximum Gasteiger partial charge on any atom is 0.325 e. The molecule has 4 atom stereocenters. The zero-order chi connectivity index (χ0) is 20.1. The van der Waals surface area contributed by atoms with Crippen LogP contribution in [0.1, 0.15) is 28.8 Å². The first-order valence-electron chi connectivity index (χ1n) is 8.00. The zero-order valence-electron chi connectivity index (χ0n) is 14.3. The predicted octanol–water partition coefficient (Wildman–Crippen LogP) is -1.39. The molecule has 148 valence electrons. The summed E-state index contributed by atoms with van der Waals surface area (Å²) in [4.78, 5) is 38.0. The van der Waals surface area contributed by atoms with Crippen molar-refractivity contribution in [3.63, 3.8) is 0 Å². The van der Waals surface area contributed by atoms with Gasteiger partial charge in [0.1, 0.15) is 29.5 Å². The number of hydrogen-bond donors (Lipinski definition) is 6. The number of aliphatic hydroxyl groups excluding tert-OH is 2. The van der Waals surface area contributed by atoms with Gasteiger partial charge in [0.2, 0.25) is 0 Å². The lowest BCUT2D eigenvalue weighted by molar-refractivity contribution is -0.0353. The van der Waals surface area contributed by atoms with Gasteiger partial charge in [0.05, 0.1) is 23.2 Å². The molecule has 0 aliphatic carbocycles. The van der Waals surface area contributed by atoms with Gasteiger partial charge < -0.3 is 40.8 Å². The number of carbonyl (C=O) groups is 1. The van der Waals surface area contributed by atoms with Crippen LogP contribution in [0, 0.1) is 6.92 Å². The number of nitrogens with zero attached hydrogens (tertiary/aromatic N) is 3. The lowest BCUT2D eigenvalue weighted by Gasteiger charge is -2.17. The van der Waals surface area contributed by atoms with Crippen LogP contribution in [0.5, 0.6) is 0 Å². The van der Waals surface area contributed by atoms with Crippen molar-refractivity contribution < 1.29 is 34.1 Å². The van der Waals surface area contributed by atoms with Crippen LogP contribution < -0.4 is 11.5 Å². The van der Waals surface area contributed by atoms with E-state index >= 15 is 0 Å². The monoisotopic (exact) mass is 401 g/mol. The molecule has 2 aromatic rings. The molecule has 0 radical (unpaired) electrons. The standard InChI is InChI=1S/C14H20N5O7P/c1-5-17-11(15)8-6(12(16)22)4-19(13(8)18-5)14-10(21)9(20)7(26-14)2-3-27(23,24)25/h4,7,9-10,14,20-21H,2-3H2,1H3,(H2,16,22)(H2,15,17,18)(H2,23,24,25)/t7-,9-,10-,14-/m1/s1. The number of rotatable bonds is 5. The Hall–Kier alpha value is -2.08. The fourth-order valence-electron chi connectivity index (χ4n) is 3.16. The summed E-state index contributed by atoms with van der Waals surface area (Å²) in [5.41, 5.74) is 11.5. The van der Waals surface area contributed by atoms with Gasteiger partial charge in [0.25, 0.3) is 5.91 Å². The van der Waals surface area contributed by atoms with Crippen molar-refractivity contribution in [1.82, 2.24) is 14.5 Å². The molecule has 27 heavy (non-hydrogen) atoms. The lowest BCUT2D eigenvalue weighted by Crippen LogP contribution is -2.32. The zero-order valence-corrected chi connectivity index (χ0v) is 15.2. The number of nitrogens with two attached hydrogens (primary N) is 2. The minimum Gasteiger partial charge on any atom is -0.388 e. The average Bonchev–Trinajstić information content (AvgIpc) is 3.04. The van der Waals surface area contributed by atoms with Crippen molar-refractivity contribution in [3.8, 4) is 0 Å². The van der Waals surface area contributed by atoms with Crippen molar-refractivity contribution >= 4 is 30.4 Å². The minimum atomic E-state index is -4.30. The molecule has 12 nitrogen and oxygen atoms in total. The number of ether oxygens (including phenoxy) is 1. The topological polar surface area (TPSA) is 207 Å². The van der Waals surface area contributed by atoms with Crippen molar-refractivity contribution in [2.75, 3.05) is 11.9 Å². The largest absolute Gasteiger partial charge is 0.388 e. The first-order chi connectivity index (χ1) is 12.5. The van der Waals surface area contributed by atoms with E-state index in [0.29, 0.717) is 5.82 Å². The first kappa shape index (κ1) is 19.7. The van der Waals surface area contributed by atoms with Crippen molar-refractivity contribution in [2.24, 2.45) is 5.73 Å². The minimum absolute atomic E-state index is 0.0199. The quantitative estimate of drug-likeness (QED) is 0.323. The van der Waals surface area contributed by atoms with Crippen LogP contribution >= 0.6 is 7.60 Å². The van der Waals surface area contributed by atoms with Crippen LogP contribution in [-0.4, -0.2) is 64.9 Å². The number of aromatic nitrogens is 3. The summed E-state index contributed by atoms with van der Waals surface area (Å²) < 4.78 is 18.0. The number of nitrogen functional groups attached to an aromatic ring is 1. The van der Waals surface area contributed by atoms with E-state index in [2.05, 4.69) is 9.97 Å². The lowest BCUT2D eigenvalue weighted by atomic mass is 10.1. The molecule has 0 bridgehead atoms. The number of fused-ring (bicyclic) bond motifs is 1. The molecule has 2 aromatic heterocycles. The van der Waals surface area contributed by atoms with Crippen molar-refractivity contribution in [2.45, 2.75) is 37.9 Å². The fourth-order valence-corrected chi connectivity index (χ4v) is 3.75. The molecule has 3 rings (SSSR count). The van der Waals surface area contributed by atoms with Gasteiger partial charge in [-0.3, -0.25) is 9.36 Å². The smallest absolute Gasteiger partial charge is 0.325 e.